The van der Waals surface area contributed by atoms with Crippen LogP contribution in [-0.2, 0) is 13.2 Å². The molecule has 0 amide bonds. The normalized spacial score (nSPS) is 10.3. The fourth-order valence-electron chi connectivity index (χ4n) is 2.26. The quantitative estimate of drug-likeness (QED) is 0.667. The Labute approximate surface area is 140 Å². The van der Waals surface area contributed by atoms with Gasteiger partial charge in [-0.2, -0.15) is 0 Å². The van der Waals surface area contributed by atoms with Gasteiger partial charge in [0.1, 0.15) is 18.1 Å². The summed E-state index contributed by atoms with van der Waals surface area (Å²) in [6.07, 6.45) is 0. The first-order valence-electron chi connectivity index (χ1n) is 7.46. The Balaban J connectivity index is 1.65. The minimum absolute atomic E-state index is 0.605. The highest BCUT2D eigenvalue weighted by molar-refractivity contribution is 7.09. The maximum atomic E-state index is 5.96. The van der Waals surface area contributed by atoms with Crippen LogP contribution >= 0.6 is 11.3 Å². The molecule has 1 heterocycles. The Hall–Kier alpha value is -2.46. The Bertz CT molecular complexity index is 741. The number of thiophene rings is 1. The van der Waals surface area contributed by atoms with E-state index in [1.807, 2.05) is 48.5 Å². The van der Waals surface area contributed by atoms with Crippen molar-refractivity contribution >= 4 is 17.0 Å². The van der Waals surface area contributed by atoms with Crippen molar-refractivity contribution in [1.29, 1.82) is 0 Å². The molecule has 0 aliphatic carbocycles. The van der Waals surface area contributed by atoms with Gasteiger partial charge in [0.25, 0.3) is 0 Å². The van der Waals surface area contributed by atoms with Crippen molar-refractivity contribution in [2.45, 2.75) is 13.2 Å². The molecule has 0 radical (unpaired) electrons. The number of benzene rings is 2. The van der Waals surface area contributed by atoms with Crippen molar-refractivity contribution in [3.8, 4) is 11.5 Å². The number of hydrogen-bond donors (Lipinski definition) is 1. The molecular weight excluding hydrogens is 306 g/mol. The van der Waals surface area contributed by atoms with E-state index in [2.05, 4.69) is 22.8 Å². The van der Waals surface area contributed by atoms with Crippen LogP contribution in [0.1, 0.15) is 10.4 Å². The molecule has 3 aromatic rings. The number of rotatable bonds is 7. The second-order valence-electron chi connectivity index (χ2n) is 5.06. The summed E-state index contributed by atoms with van der Waals surface area (Å²) in [7, 11) is 1.67. The van der Waals surface area contributed by atoms with E-state index in [0.717, 1.165) is 22.7 Å². The highest BCUT2D eigenvalue weighted by atomic mass is 32.1. The standard InChI is InChI=1S/C19H19NO2S/c1-21-17-8-4-7-16(12-17)20-13-15-6-2-3-10-19(15)22-14-18-9-5-11-23-18/h2-12,20H,13-14H2,1H3. The average molecular weight is 325 g/mol. The van der Waals surface area contributed by atoms with Crippen molar-refractivity contribution in [3.05, 3.63) is 76.5 Å². The molecular formula is C19H19NO2S. The Kier molecular flexibility index (Phi) is 5.17. The molecule has 1 aromatic heterocycles. The maximum Gasteiger partial charge on any atom is 0.124 e. The average Bonchev–Trinajstić information content (AvgIpc) is 3.12. The zero-order chi connectivity index (χ0) is 15.9. The number of para-hydroxylation sites is 1. The lowest BCUT2D eigenvalue weighted by atomic mass is 10.2. The summed E-state index contributed by atoms with van der Waals surface area (Å²) in [6.45, 7) is 1.31. The van der Waals surface area contributed by atoms with Gasteiger partial charge in [0.05, 0.1) is 7.11 Å². The van der Waals surface area contributed by atoms with Gasteiger partial charge in [-0.05, 0) is 29.6 Å². The number of methoxy groups -OCH3 is 1. The summed E-state index contributed by atoms with van der Waals surface area (Å²) in [5.41, 5.74) is 2.16. The van der Waals surface area contributed by atoms with Gasteiger partial charge in [0.2, 0.25) is 0 Å². The highest BCUT2D eigenvalue weighted by Crippen LogP contribution is 2.23. The van der Waals surface area contributed by atoms with E-state index in [9.17, 15) is 0 Å². The first kappa shape index (κ1) is 15.4. The largest absolute Gasteiger partial charge is 0.497 e. The molecule has 3 nitrogen and oxygen atoms in total. The summed E-state index contributed by atoms with van der Waals surface area (Å²) in [5.74, 6) is 1.76. The van der Waals surface area contributed by atoms with E-state index in [-0.39, 0.29) is 0 Å². The van der Waals surface area contributed by atoms with Crippen molar-refractivity contribution in [1.82, 2.24) is 0 Å². The Morgan fingerprint density at radius 3 is 2.74 bits per heavy atom. The van der Waals surface area contributed by atoms with Crippen LogP contribution in [0.25, 0.3) is 0 Å². The molecule has 0 atom stereocenters. The molecule has 0 saturated carbocycles. The summed E-state index contributed by atoms with van der Waals surface area (Å²) in [6, 6.07) is 20.2. The van der Waals surface area contributed by atoms with Crippen LogP contribution < -0.4 is 14.8 Å². The topological polar surface area (TPSA) is 30.5 Å². The van der Waals surface area contributed by atoms with Crippen LogP contribution in [0.2, 0.25) is 0 Å². The van der Waals surface area contributed by atoms with Gasteiger partial charge in [-0.25, -0.2) is 0 Å². The molecule has 1 N–H and O–H groups in total. The van der Waals surface area contributed by atoms with Crippen LogP contribution in [0.3, 0.4) is 0 Å². The number of nitrogens with one attached hydrogen (secondary N) is 1. The fraction of sp³-hybridized carbons (Fsp3) is 0.158. The molecule has 4 heteroatoms. The van der Waals surface area contributed by atoms with Gasteiger partial charge in [0, 0.05) is 28.7 Å². The molecule has 0 aliphatic rings. The van der Waals surface area contributed by atoms with E-state index in [1.165, 1.54) is 4.88 Å². The van der Waals surface area contributed by atoms with Crippen LogP contribution in [0.5, 0.6) is 11.5 Å². The zero-order valence-corrected chi connectivity index (χ0v) is 13.8. The molecule has 0 bridgehead atoms. The lowest BCUT2D eigenvalue weighted by molar-refractivity contribution is 0.307. The van der Waals surface area contributed by atoms with E-state index in [4.69, 9.17) is 9.47 Å². The number of anilines is 1. The smallest absolute Gasteiger partial charge is 0.124 e. The lowest BCUT2D eigenvalue weighted by Gasteiger charge is -2.13. The fourth-order valence-corrected chi connectivity index (χ4v) is 2.88. The minimum Gasteiger partial charge on any atom is -0.497 e. The lowest BCUT2D eigenvalue weighted by Crippen LogP contribution is -2.03. The predicted octanol–water partition coefficient (Wildman–Crippen LogP) is 4.95. The summed E-state index contributed by atoms with van der Waals surface area (Å²) >= 11 is 1.71. The second-order valence-corrected chi connectivity index (χ2v) is 6.09. The zero-order valence-electron chi connectivity index (χ0n) is 13.0. The molecule has 0 spiro atoms. The molecule has 2 aromatic carbocycles. The third kappa shape index (κ3) is 4.27. The molecule has 0 saturated heterocycles. The summed E-state index contributed by atoms with van der Waals surface area (Å²) in [4.78, 5) is 1.22. The van der Waals surface area contributed by atoms with Crippen LogP contribution in [0.15, 0.2) is 66.0 Å². The van der Waals surface area contributed by atoms with Gasteiger partial charge >= 0.3 is 0 Å². The first-order chi connectivity index (χ1) is 11.3. The number of hydrogen-bond acceptors (Lipinski definition) is 4. The van der Waals surface area contributed by atoms with Gasteiger partial charge < -0.3 is 14.8 Å². The number of ether oxygens (including phenoxy) is 2. The van der Waals surface area contributed by atoms with E-state index in [1.54, 1.807) is 18.4 Å². The van der Waals surface area contributed by atoms with E-state index in [0.29, 0.717) is 13.2 Å². The van der Waals surface area contributed by atoms with Gasteiger partial charge in [0.15, 0.2) is 0 Å². The van der Waals surface area contributed by atoms with Crippen LogP contribution in [0.4, 0.5) is 5.69 Å². The third-order valence-electron chi connectivity index (χ3n) is 3.48. The SMILES string of the molecule is COc1cccc(NCc2ccccc2OCc2cccs2)c1. The second kappa shape index (κ2) is 7.70. The van der Waals surface area contributed by atoms with Crippen LogP contribution in [0, 0.1) is 0 Å². The molecule has 118 valence electrons. The van der Waals surface area contributed by atoms with E-state index < -0.39 is 0 Å². The Morgan fingerprint density at radius 2 is 1.91 bits per heavy atom. The molecule has 23 heavy (non-hydrogen) atoms. The van der Waals surface area contributed by atoms with Crippen molar-refractivity contribution in [2.24, 2.45) is 0 Å². The minimum atomic E-state index is 0.605. The predicted molar refractivity (Wildman–Crippen MR) is 95.4 cm³/mol. The molecule has 3 rings (SSSR count). The summed E-state index contributed by atoms with van der Waals surface area (Å²) < 4.78 is 11.2. The van der Waals surface area contributed by atoms with Crippen molar-refractivity contribution in [3.63, 3.8) is 0 Å². The van der Waals surface area contributed by atoms with E-state index >= 15 is 0 Å². The third-order valence-corrected chi connectivity index (χ3v) is 4.33. The van der Waals surface area contributed by atoms with Crippen LogP contribution in [-0.4, -0.2) is 7.11 Å². The maximum absolute atomic E-state index is 5.96. The molecule has 0 aliphatic heterocycles. The highest BCUT2D eigenvalue weighted by Gasteiger charge is 2.04. The first-order valence-corrected chi connectivity index (χ1v) is 8.34. The molecule has 0 fully saturated rings. The van der Waals surface area contributed by atoms with Gasteiger partial charge in [-0.15, -0.1) is 11.3 Å². The van der Waals surface area contributed by atoms with Gasteiger partial charge in [-0.3, -0.25) is 0 Å². The monoisotopic (exact) mass is 325 g/mol. The van der Waals surface area contributed by atoms with Crippen molar-refractivity contribution in [2.75, 3.05) is 12.4 Å². The van der Waals surface area contributed by atoms with Crippen molar-refractivity contribution < 1.29 is 9.47 Å². The summed E-state index contributed by atoms with van der Waals surface area (Å²) in [5, 5.41) is 5.48. The van der Waals surface area contributed by atoms with Gasteiger partial charge in [-0.1, -0.05) is 30.3 Å². The Morgan fingerprint density at radius 1 is 1.00 bits per heavy atom. The molecule has 0 unspecified atom stereocenters.